The zero-order chi connectivity index (χ0) is 26.9. The van der Waals surface area contributed by atoms with Gasteiger partial charge in [-0.1, -0.05) is 13.3 Å². The lowest BCUT2D eigenvalue weighted by atomic mass is 9.95. The fourth-order valence-electron chi connectivity index (χ4n) is 4.58. The molecule has 2 saturated heterocycles. The molecule has 0 unspecified atom stereocenters. The van der Waals surface area contributed by atoms with Crippen LogP contribution in [0.2, 0.25) is 0 Å². The van der Waals surface area contributed by atoms with Gasteiger partial charge in [-0.15, -0.1) is 12.4 Å². The number of benzene rings is 1. The quantitative estimate of drug-likeness (QED) is 0.229. The summed E-state index contributed by atoms with van der Waals surface area (Å²) in [5.41, 5.74) is 2.51. The van der Waals surface area contributed by atoms with Crippen molar-refractivity contribution in [3.63, 3.8) is 0 Å². The maximum absolute atomic E-state index is 13.7. The van der Waals surface area contributed by atoms with Crippen LogP contribution in [0.4, 0.5) is 10.5 Å². The molecular weight excluding hydrogens is 540 g/mol. The van der Waals surface area contributed by atoms with Crippen LogP contribution in [0.1, 0.15) is 32.6 Å². The Bertz CT molecular complexity index is 995. The topological polar surface area (TPSA) is 138 Å². The predicted octanol–water partition coefficient (Wildman–Crippen LogP) is 1.86. The van der Waals surface area contributed by atoms with Gasteiger partial charge in [-0.25, -0.2) is 18.7 Å². The minimum Gasteiger partial charge on any atom is -0.494 e. The van der Waals surface area contributed by atoms with Crippen LogP contribution in [-0.4, -0.2) is 106 Å². The maximum atomic E-state index is 13.7. The van der Waals surface area contributed by atoms with Crippen LogP contribution in [0.5, 0.6) is 5.75 Å². The number of hydroxylamine groups is 1. The van der Waals surface area contributed by atoms with E-state index in [4.69, 9.17) is 14.2 Å². The van der Waals surface area contributed by atoms with Crippen LogP contribution < -0.4 is 15.1 Å². The molecule has 0 aromatic heterocycles. The van der Waals surface area contributed by atoms with Gasteiger partial charge in [-0.3, -0.25) is 10.0 Å². The smallest absolute Gasteiger partial charge is 0.409 e. The number of nitrogens with one attached hydrogen (secondary N) is 1. The van der Waals surface area contributed by atoms with Gasteiger partial charge >= 0.3 is 6.09 Å². The highest BCUT2D eigenvalue weighted by Gasteiger charge is 2.55. The van der Waals surface area contributed by atoms with E-state index in [0.29, 0.717) is 19.7 Å². The number of halogens is 1. The second-order valence-electron chi connectivity index (χ2n) is 9.12. The van der Waals surface area contributed by atoms with Gasteiger partial charge in [0.05, 0.1) is 13.2 Å². The summed E-state index contributed by atoms with van der Waals surface area (Å²) in [4.78, 5) is 28.4. The molecule has 0 atom stereocenters. The lowest BCUT2D eigenvalue weighted by Crippen LogP contribution is -2.64. The molecule has 1 aromatic rings. The number of likely N-dealkylation sites (tertiary alicyclic amines) is 1. The zero-order valence-corrected chi connectivity index (χ0v) is 23.6. The molecule has 0 bridgehead atoms. The van der Waals surface area contributed by atoms with Crippen molar-refractivity contribution in [3.8, 4) is 5.75 Å². The third-order valence-corrected chi connectivity index (χ3v) is 9.52. The number of piperidine rings is 1. The molecule has 0 aliphatic carbocycles. The van der Waals surface area contributed by atoms with Crippen LogP contribution >= 0.6 is 12.4 Å². The van der Waals surface area contributed by atoms with Crippen molar-refractivity contribution in [2.24, 2.45) is 0 Å². The Labute approximate surface area is 230 Å². The van der Waals surface area contributed by atoms with Gasteiger partial charge in [-0.05, 0) is 43.5 Å². The third kappa shape index (κ3) is 7.20. The van der Waals surface area contributed by atoms with Crippen molar-refractivity contribution in [2.75, 3.05) is 71.1 Å². The minimum absolute atomic E-state index is 0. The van der Waals surface area contributed by atoms with Gasteiger partial charge < -0.3 is 24.0 Å². The summed E-state index contributed by atoms with van der Waals surface area (Å²) >= 11 is 0. The third-order valence-electron chi connectivity index (χ3n) is 6.90. The predicted molar refractivity (Wildman–Crippen MR) is 143 cm³/mol. The number of piperazine rings is 1. The Morgan fingerprint density at radius 3 is 2.18 bits per heavy atom. The van der Waals surface area contributed by atoms with Gasteiger partial charge in [-0.2, -0.15) is 4.31 Å². The number of unbranched alkanes of at least 4 members (excludes halogenated alkanes) is 1. The van der Waals surface area contributed by atoms with Crippen LogP contribution in [0, 0.1) is 0 Å². The van der Waals surface area contributed by atoms with Crippen molar-refractivity contribution in [2.45, 2.75) is 37.4 Å². The monoisotopic (exact) mass is 578 g/mol. The molecule has 14 heteroatoms. The highest BCUT2D eigenvalue weighted by atomic mass is 35.5. The fourth-order valence-corrected chi connectivity index (χ4v) is 6.70. The lowest BCUT2D eigenvalue weighted by molar-refractivity contribution is -0.133. The van der Waals surface area contributed by atoms with Crippen molar-refractivity contribution < 1.29 is 37.4 Å². The van der Waals surface area contributed by atoms with Crippen molar-refractivity contribution in [3.05, 3.63) is 24.3 Å². The van der Waals surface area contributed by atoms with Crippen LogP contribution in [-0.2, 0) is 24.3 Å². The van der Waals surface area contributed by atoms with Gasteiger partial charge in [0.1, 0.15) is 12.4 Å². The Hall–Kier alpha value is -2.32. The average Bonchev–Trinajstić information content (AvgIpc) is 2.93. The molecule has 0 saturated carbocycles. The fraction of sp³-hybridized carbons (Fsp3) is 0.667. The summed E-state index contributed by atoms with van der Waals surface area (Å²) in [5, 5.41) is 9.39. The molecule has 2 fully saturated rings. The zero-order valence-electron chi connectivity index (χ0n) is 22.0. The molecule has 2 aliphatic rings. The molecule has 1 aromatic carbocycles. The molecule has 12 nitrogen and oxygen atoms in total. The number of hydrogen-bond donors (Lipinski definition) is 2. The van der Waals surface area contributed by atoms with Crippen LogP contribution in [0.25, 0.3) is 0 Å². The first-order valence-electron chi connectivity index (χ1n) is 12.6. The first kappa shape index (κ1) is 31.9. The summed E-state index contributed by atoms with van der Waals surface area (Å²) in [5.74, 6) is -0.190. The van der Waals surface area contributed by atoms with E-state index in [2.05, 4.69) is 11.8 Å². The van der Waals surface area contributed by atoms with Crippen molar-refractivity contribution in [1.82, 2.24) is 14.7 Å². The highest BCUT2D eigenvalue weighted by Crippen LogP contribution is 2.35. The van der Waals surface area contributed by atoms with Crippen LogP contribution in [0.3, 0.4) is 0 Å². The van der Waals surface area contributed by atoms with E-state index in [0.717, 1.165) is 24.3 Å². The Balaban J connectivity index is 0.00000507. The molecule has 38 heavy (non-hydrogen) atoms. The summed E-state index contributed by atoms with van der Waals surface area (Å²) in [7, 11) is -2.65. The van der Waals surface area contributed by atoms with Gasteiger partial charge in [0, 0.05) is 52.1 Å². The number of amides is 2. The molecule has 2 aliphatic heterocycles. The molecule has 2 amide bonds. The average molecular weight is 579 g/mol. The standard InChI is InChI=1S/C24H38N4O8S.ClH/c1-3-4-17-35-21-7-5-20(6-8-21)26-13-15-28(16-14-26)37(32,33)24(22(29)25-31)9-11-27(12-10-24)23(30)36-19-18-34-2;/h5-8,31H,3-4,9-19H2,1-2H3,(H,25,29);1H. The number of anilines is 1. The summed E-state index contributed by atoms with van der Waals surface area (Å²) < 4.78 is 42.6. The second-order valence-corrected chi connectivity index (χ2v) is 11.4. The minimum atomic E-state index is -4.14. The van der Waals surface area contributed by atoms with E-state index < -0.39 is 26.8 Å². The molecule has 2 N–H and O–H groups in total. The van der Waals surface area contributed by atoms with E-state index in [1.54, 1.807) is 5.48 Å². The Morgan fingerprint density at radius 2 is 1.63 bits per heavy atom. The van der Waals surface area contributed by atoms with Crippen molar-refractivity contribution in [1.29, 1.82) is 0 Å². The number of methoxy groups -OCH3 is 1. The molecule has 0 spiro atoms. The maximum Gasteiger partial charge on any atom is 0.409 e. The van der Waals surface area contributed by atoms with E-state index in [1.165, 1.54) is 16.3 Å². The molecular formula is C24H39ClN4O8S. The number of sulfonamides is 1. The van der Waals surface area contributed by atoms with E-state index in [1.807, 2.05) is 24.3 Å². The van der Waals surface area contributed by atoms with Gasteiger partial charge in [0.2, 0.25) is 10.0 Å². The second kappa shape index (κ2) is 14.7. The number of carbonyl (C=O) groups is 2. The number of nitrogens with zero attached hydrogens (tertiary/aromatic N) is 3. The number of carbonyl (C=O) groups excluding carboxylic acids is 2. The van der Waals surface area contributed by atoms with E-state index in [9.17, 15) is 23.2 Å². The highest BCUT2D eigenvalue weighted by molar-refractivity contribution is 7.91. The molecule has 3 rings (SSSR count). The molecule has 0 radical (unpaired) electrons. The molecule has 216 valence electrons. The normalized spacial score (nSPS) is 17.9. The lowest BCUT2D eigenvalue weighted by Gasteiger charge is -2.43. The SMILES string of the molecule is CCCCOc1ccc(N2CCN(S(=O)(=O)C3(C(=O)NO)CCN(C(=O)OCCOC)CC3)CC2)cc1.Cl. The number of ether oxygens (including phenoxy) is 3. The first-order valence-corrected chi connectivity index (χ1v) is 14.1. The van der Waals surface area contributed by atoms with Gasteiger partial charge in [0.15, 0.2) is 4.75 Å². The largest absolute Gasteiger partial charge is 0.494 e. The van der Waals surface area contributed by atoms with Crippen molar-refractivity contribution >= 4 is 40.1 Å². The molecule has 2 heterocycles. The first-order chi connectivity index (χ1) is 17.8. The summed E-state index contributed by atoms with van der Waals surface area (Å²) in [6.07, 6.45) is 1.15. The Kier molecular flexibility index (Phi) is 12.4. The van der Waals surface area contributed by atoms with E-state index >= 15 is 0 Å². The van der Waals surface area contributed by atoms with Gasteiger partial charge in [0.25, 0.3) is 5.91 Å². The van der Waals surface area contributed by atoms with E-state index in [-0.39, 0.29) is 64.6 Å². The Morgan fingerprint density at radius 1 is 1.00 bits per heavy atom. The summed E-state index contributed by atoms with van der Waals surface area (Å²) in [6, 6.07) is 7.71. The number of rotatable bonds is 11. The van der Waals surface area contributed by atoms with Crippen LogP contribution in [0.15, 0.2) is 24.3 Å². The number of hydrogen-bond acceptors (Lipinski definition) is 9. The summed E-state index contributed by atoms with van der Waals surface area (Å²) in [6.45, 7) is 4.39.